The molecule has 9 nitrogen and oxygen atoms in total. The van der Waals surface area contributed by atoms with Crippen molar-refractivity contribution in [2.24, 2.45) is 0 Å². The van der Waals surface area contributed by atoms with Gasteiger partial charge in [-0.05, 0) is 103 Å². The molecule has 1 saturated carbocycles. The third-order valence-corrected chi connectivity index (χ3v) is 8.65. The van der Waals surface area contributed by atoms with Gasteiger partial charge in [-0.15, -0.1) is 0 Å². The van der Waals surface area contributed by atoms with E-state index < -0.39 is 11.2 Å². The van der Waals surface area contributed by atoms with Crippen molar-refractivity contribution in [3.8, 4) is 5.82 Å². The fourth-order valence-corrected chi connectivity index (χ4v) is 6.66. The molecule has 1 aromatic carbocycles. The summed E-state index contributed by atoms with van der Waals surface area (Å²) in [5, 5.41) is 16.3. The van der Waals surface area contributed by atoms with Crippen molar-refractivity contribution < 1.29 is 14.6 Å². The van der Waals surface area contributed by atoms with Gasteiger partial charge in [0.05, 0.1) is 29.4 Å². The molecule has 2 unspecified atom stereocenters. The average molecular weight is 533 g/mol. The minimum atomic E-state index is -0.551. The van der Waals surface area contributed by atoms with Crippen molar-refractivity contribution in [1.29, 1.82) is 0 Å². The molecular weight excluding hydrogens is 492 g/mol. The van der Waals surface area contributed by atoms with Crippen LogP contribution in [0.4, 0.5) is 10.6 Å². The molecule has 2 aromatic heterocycles. The van der Waals surface area contributed by atoms with Crippen molar-refractivity contribution in [2.75, 3.05) is 18.0 Å². The maximum Gasteiger partial charge on any atom is 0.410 e. The Kier molecular flexibility index (Phi) is 6.13. The molecule has 39 heavy (non-hydrogen) atoms. The van der Waals surface area contributed by atoms with Crippen LogP contribution in [-0.4, -0.2) is 72.2 Å². The second-order valence-corrected chi connectivity index (χ2v) is 13.1. The fourth-order valence-electron chi connectivity index (χ4n) is 6.66. The number of carbonyl (C=O) groups is 1. The highest BCUT2D eigenvalue weighted by atomic mass is 16.6. The Bertz CT molecular complexity index is 1410. The molecule has 3 aromatic rings. The predicted molar refractivity (Wildman–Crippen MR) is 150 cm³/mol. The third kappa shape index (κ3) is 4.97. The van der Waals surface area contributed by atoms with Crippen LogP contribution in [0.3, 0.4) is 0 Å². The van der Waals surface area contributed by atoms with Crippen LogP contribution in [0.15, 0.2) is 24.4 Å². The Morgan fingerprint density at radius 2 is 1.77 bits per heavy atom. The summed E-state index contributed by atoms with van der Waals surface area (Å²) in [5.74, 6) is 2.76. The molecule has 4 heterocycles. The van der Waals surface area contributed by atoms with Gasteiger partial charge in [0.1, 0.15) is 17.2 Å². The van der Waals surface area contributed by atoms with Crippen molar-refractivity contribution in [3.63, 3.8) is 0 Å². The lowest BCUT2D eigenvalue weighted by Gasteiger charge is -2.35. The molecule has 2 atom stereocenters. The Balaban J connectivity index is 1.27. The van der Waals surface area contributed by atoms with Gasteiger partial charge in [0, 0.05) is 24.5 Å². The van der Waals surface area contributed by atoms with Gasteiger partial charge in [-0.3, -0.25) is 0 Å². The lowest BCUT2D eigenvalue weighted by atomic mass is 9.76. The number of carbonyl (C=O) groups excluding carboxylic acids is 1. The maximum atomic E-state index is 12.7. The molecule has 208 valence electrons. The van der Waals surface area contributed by atoms with E-state index in [1.54, 1.807) is 0 Å². The minimum Gasteiger partial charge on any atom is -0.444 e. The first-order valence-corrected chi connectivity index (χ1v) is 14.2. The monoisotopic (exact) mass is 532 g/mol. The highest BCUT2D eigenvalue weighted by Gasteiger charge is 2.47. The number of aromatic nitrogens is 4. The summed E-state index contributed by atoms with van der Waals surface area (Å²) in [7, 11) is 0. The maximum absolute atomic E-state index is 12.7. The Labute approximate surface area is 230 Å². The van der Waals surface area contributed by atoms with Crippen LogP contribution in [0.1, 0.15) is 82.7 Å². The summed E-state index contributed by atoms with van der Waals surface area (Å²) in [5.41, 5.74) is 2.60. The van der Waals surface area contributed by atoms with E-state index in [0.29, 0.717) is 18.3 Å². The molecule has 3 fully saturated rings. The first kappa shape index (κ1) is 26.0. The third-order valence-electron chi connectivity index (χ3n) is 8.65. The van der Waals surface area contributed by atoms with Gasteiger partial charge < -0.3 is 19.6 Å². The van der Waals surface area contributed by atoms with E-state index in [2.05, 4.69) is 24.0 Å². The molecule has 0 spiro atoms. The number of aryl methyl sites for hydroxylation is 2. The van der Waals surface area contributed by atoms with Gasteiger partial charge in [-0.1, -0.05) is 0 Å². The van der Waals surface area contributed by atoms with Gasteiger partial charge in [-0.2, -0.15) is 5.10 Å². The SMILES string of the molecule is Cc1nc(N2CC3CC2CN3C(=O)OC(C)(C)C)cc(-n2ncc3cc(C)c(C4CCC(C)(O)CC4)cc32)n1. The summed E-state index contributed by atoms with van der Waals surface area (Å²) in [6, 6.07) is 6.85. The number of likely N-dealkylation sites (tertiary alicyclic amines) is 1. The highest BCUT2D eigenvalue weighted by Crippen LogP contribution is 2.40. The van der Waals surface area contributed by atoms with Crippen molar-refractivity contribution in [1.82, 2.24) is 24.6 Å². The van der Waals surface area contributed by atoms with Crippen LogP contribution >= 0.6 is 0 Å². The van der Waals surface area contributed by atoms with E-state index in [0.717, 1.165) is 61.2 Å². The molecule has 3 aliphatic rings. The Morgan fingerprint density at radius 3 is 2.44 bits per heavy atom. The van der Waals surface area contributed by atoms with Crippen LogP contribution in [0.2, 0.25) is 0 Å². The fraction of sp³-hybridized carbons (Fsp3) is 0.600. The number of aliphatic hydroxyl groups is 1. The molecule has 2 saturated heterocycles. The number of anilines is 1. The lowest BCUT2D eigenvalue weighted by molar-refractivity contribution is 0.0170. The Morgan fingerprint density at radius 1 is 1.05 bits per heavy atom. The predicted octanol–water partition coefficient (Wildman–Crippen LogP) is 5.04. The van der Waals surface area contributed by atoms with Crippen LogP contribution < -0.4 is 4.90 Å². The van der Waals surface area contributed by atoms with Crippen molar-refractivity contribution in [3.05, 3.63) is 41.3 Å². The molecule has 1 amide bonds. The van der Waals surface area contributed by atoms with E-state index in [4.69, 9.17) is 19.8 Å². The standard InChI is InChI=1S/C30H40N6O3/c1-18-11-21-15-31-36(25(21)13-24(18)20-7-9-30(6,38)10-8-20)27-14-26(32-19(2)33-27)34-16-23-12-22(34)17-35(23)28(37)39-29(3,4)5/h11,13-15,20,22-23,38H,7-10,12,16-17H2,1-6H3. The number of hydrogen-bond donors (Lipinski definition) is 1. The molecule has 1 N–H and O–H groups in total. The molecule has 2 bridgehead atoms. The second kappa shape index (κ2) is 9.18. The van der Waals surface area contributed by atoms with E-state index in [9.17, 15) is 9.90 Å². The van der Waals surface area contributed by atoms with E-state index in [-0.39, 0.29) is 18.2 Å². The Hall–Kier alpha value is -3.20. The smallest absolute Gasteiger partial charge is 0.410 e. The lowest BCUT2D eigenvalue weighted by Crippen LogP contribution is -2.50. The summed E-state index contributed by atoms with van der Waals surface area (Å²) < 4.78 is 7.56. The molecule has 1 aliphatic carbocycles. The molecular formula is C30H40N6O3. The molecule has 6 rings (SSSR count). The summed E-state index contributed by atoms with van der Waals surface area (Å²) in [6.45, 7) is 13.1. The van der Waals surface area contributed by atoms with E-state index in [1.165, 1.54) is 11.1 Å². The normalized spacial score (nSPS) is 27.0. The summed E-state index contributed by atoms with van der Waals surface area (Å²) >= 11 is 0. The average Bonchev–Trinajstić information content (AvgIpc) is 3.56. The van der Waals surface area contributed by atoms with E-state index in [1.807, 2.05) is 56.5 Å². The van der Waals surface area contributed by atoms with Crippen LogP contribution in [-0.2, 0) is 4.74 Å². The second-order valence-electron chi connectivity index (χ2n) is 13.1. The number of hydrogen-bond acceptors (Lipinski definition) is 7. The highest BCUT2D eigenvalue weighted by molar-refractivity contribution is 5.82. The van der Waals surface area contributed by atoms with E-state index >= 15 is 0 Å². The quantitative estimate of drug-likeness (QED) is 0.505. The molecule has 0 radical (unpaired) electrons. The van der Waals surface area contributed by atoms with Crippen LogP contribution in [0.25, 0.3) is 16.7 Å². The van der Waals surface area contributed by atoms with Gasteiger partial charge in [0.25, 0.3) is 0 Å². The number of fused-ring (bicyclic) bond motifs is 3. The number of rotatable bonds is 3. The zero-order valence-corrected chi connectivity index (χ0v) is 23.9. The van der Waals surface area contributed by atoms with Crippen molar-refractivity contribution >= 4 is 22.8 Å². The zero-order valence-electron chi connectivity index (χ0n) is 23.9. The molecule has 9 heteroatoms. The summed E-state index contributed by atoms with van der Waals surface area (Å²) in [4.78, 5) is 26.5. The number of ether oxygens (including phenoxy) is 1. The van der Waals surface area contributed by atoms with Gasteiger partial charge in [0.2, 0.25) is 0 Å². The number of benzene rings is 1. The van der Waals surface area contributed by atoms with Crippen LogP contribution in [0, 0.1) is 13.8 Å². The van der Waals surface area contributed by atoms with Gasteiger partial charge >= 0.3 is 6.09 Å². The van der Waals surface area contributed by atoms with Crippen molar-refractivity contribution in [2.45, 2.75) is 103 Å². The first-order chi connectivity index (χ1) is 18.4. The molecule has 2 aliphatic heterocycles. The zero-order chi connectivity index (χ0) is 27.7. The van der Waals surface area contributed by atoms with Crippen LogP contribution in [0.5, 0.6) is 0 Å². The number of nitrogens with zero attached hydrogens (tertiary/aromatic N) is 6. The minimum absolute atomic E-state index is 0.121. The first-order valence-electron chi connectivity index (χ1n) is 14.2. The van der Waals surface area contributed by atoms with Gasteiger partial charge in [0.15, 0.2) is 5.82 Å². The number of amides is 1. The summed E-state index contributed by atoms with van der Waals surface area (Å²) in [6.07, 6.45) is 6.22. The number of piperazine rings is 1. The topological polar surface area (TPSA) is 96.6 Å². The largest absolute Gasteiger partial charge is 0.444 e. The van der Waals surface area contributed by atoms with Gasteiger partial charge in [-0.25, -0.2) is 19.4 Å².